The van der Waals surface area contributed by atoms with E-state index in [1.54, 1.807) is 29.2 Å². The van der Waals surface area contributed by atoms with Gasteiger partial charge in [-0.1, -0.05) is 48.5 Å². The number of hydrogen-bond donors (Lipinski definition) is 2. The molecule has 3 aromatic carbocycles. The Balaban J connectivity index is 2.33. The zero-order valence-electron chi connectivity index (χ0n) is 15.7. The van der Waals surface area contributed by atoms with Crippen LogP contribution in [0.4, 0.5) is 17.1 Å². The van der Waals surface area contributed by atoms with Gasteiger partial charge in [-0.15, -0.1) is 0 Å². The van der Waals surface area contributed by atoms with Crippen molar-refractivity contribution < 1.29 is 15.5 Å². The fraction of sp³-hybridized carbons (Fsp3) is 0. The van der Waals surface area contributed by atoms with Crippen LogP contribution in [0.5, 0.6) is 0 Å². The van der Waals surface area contributed by atoms with Crippen LogP contribution in [0.1, 0.15) is 5.48 Å². The van der Waals surface area contributed by atoms with Gasteiger partial charge in [0.1, 0.15) is 0 Å². The third-order valence-corrected chi connectivity index (χ3v) is 3.14. The Morgan fingerprint density at radius 2 is 1.14 bits per heavy atom. The largest absolute Gasteiger partial charge is 0.488 e. The summed E-state index contributed by atoms with van der Waals surface area (Å²) in [7, 11) is -2.08. The van der Waals surface area contributed by atoms with Crippen molar-refractivity contribution in [1.29, 1.82) is 0 Å². The van der Waals surface area contributed by atoms with Crippen LogP contribution in [0.25, 0.3) is 0 Å². The molecule has 0 amide bonds. The quantitative estimate of drug-likeness (QED) is 0.727. The number of para-hydroxylation sites is 2. The van der Waals surface area contributed by atoms with Crippen molar-refractivity contribution in [2.75, 3.05) is 4.90 Å². The van der Waals surface area contributed by atoms with Gasteiger partial charge in [-0.05, 0) is 41.8 Å². The van der Waals surface area contributed by atoms with Crippen LogP contribution in [-0.2, 0) is 0 Å². The lowest BCUT2D eigenvalue weighted by atomic mass is 9.80. The lowest BCUT2D eigenvalue weighted by molar-refractivity contribution is 0.426. The van der Waals surface area contributed by atoms with Gasteiger partial charge >= 0.3 is 7.12 Å². The molecule has 4 heteroatoms. The highest BCUT2D eigenvalue weighted by Gasteiger charge is 2.14. The molecule has 0 bridgehead atoms. The number of nitrogens with zero attached hydrogens (tertiary/aromatic N) is 1. The van der Waals surface area contributed by atoms with Crippen molar-refractivity contribution in [3.63, 3.8) is 0 Å². The molecule has 0 atom stereocenters. The molecule has 3 aromatic rings. The van der Waals surface area contributed by atoms with Crippen LogP contribution in [0.3, 0.4) is 0 Å². The molecular formula is C18H16BNO2. The van der Waals surface area contributed by atoms with Crippen LogP contribution in [-0.4, -0.2) is 17.2 Å². The molecule has 0 aliphatic carbocycles. The molecule has 0 saturated carbocycles. The lowest BCUT2D eigenvalue weighted by Gasteiger charge is -2.25. The highest BCUT2D eigenvalue weighted by Crippen LogP contribution is 2.33. The Kier molecular flexibility index (Phi) is 3.01. The molecule has 0 spiro atoms. The number of benzene rings is 3. The first kappa shape index (κ1) is 10.2. The fourth-order valence-corrected chi connectivity index (χ4v) is 2.12. The van der Waals surface area contributed by atoms with Gasteiger partial charge in [-0.3, -0.25) is 0 Å². The number of rotatable bonds is 4. The average Bonchev–Trinajstić information content (AvgIpc) is 2.65. The predicted molar refractivity (Wildman–Crippen MR) is 91.0 cm³/mol. The number of hydrogen-bond acceptors (Lipinski definition) is 3. The van der Waals surface area contributed by atoms with Gasteiger partial charge in [0.05, 0.1) is 5.48 Å². The first-order chi connectivity index (χ1) is 12.4. The maximum atomic E-state index is 9.43. The summed E-state index contributed by atoms with van der Waals surface area (Å²) in [6.07, 6.45) is 0. The molecule has 2 N–H and O–H groups in total. The minimum atomic E-state index is -2.08. The standard InChI is InChI=1S/C18H16BNO2/c21-19(22)15-11-13-18(14-12-15)20(16-7-3-1-4-8-16)17-9-5-2-6-10-17/h1-14,21-22H/i11D,12D,13D,14D. The highest BCUT2D eigenvalue weighted by atomic mass is 16.4. The van der Waals surface area contributed by atoms with E-state index >= 15 is 0 Å². The first-order valence-corrected chi connectivity index (χ1v) is 6.80. The monoisotopic (exact) mass is 293 g/mol. The van der Waals surface area contributed by atoms with E-state index in [0.717, 1.165) is 0 Å². The maximum Gasteiger partial charge on any atom is 0.488 e. The summed E-state index contributed by atoms with van der Waals surface area (Å²) >= 11 is 0. The molecule has 108 valence electrons. The average molecular weight is 293 g/mol. The molecule has 0 aliphatic heterocycles. The molecule has 0 radical (unpaired) electrons. The van der Waals surface area contributed by atoms with E-state index in [4.69, 9.17) is 5.48 Å². The SMILES string of the molecule is [2H]c1c([2H])c(N(c2ccccc2)c2ccccc2)c([2H])c([2H])c1B(O)O. The minimum absolute atomic E-state index is 0.0433. The van der Waals surface area contributed by atoms with E-state index in [9.17, 15) is 10.0 Å². The highest BCUT2D eigenvalue weighted by molar-refractivity contribution is 6.58. The van der Waals surface area contributed by atoms with Crippen LogP contribution >= 0.6 is 0 Å². The van der Waals surface area contributed by atoms with Gasteiger partial charge in [0.2, 0.25) is 0 Å². The Hall–Kier alpha value is -2.56. The molecule has 22 heavy (non-hydrogen) atoms. The second kappa shape index (κ2) is 6.47. The molecule has 0 fully saturated rings. The summed E-state index contributed by atoms with van der Waals surface area (Å²) in [5.41, 5.74) is 0.931. The van der Waals surface area contributed by atoms with Gasteiger partial charge in [-0.2, -0.15) is 0 Å². The summed E-state index contributed by atoms with van der Waals surface area (Å²) in [6.45, 7) is 0. The zero-order valence-corrected chi connectivity index (χ0v) is 11.7. The first-order valence-electron chi connectivity index (χ1n) is 8.80. The zero-order chi connectivity index (χ0) is 18.8. The summed E-state index contributed by atoms with van der Waals surface area (Å²) in [5.74, 6) is 0. The summed E-state index contributed by atoms with van der Waals surface area (Å²) in [5, 5.41) is 18.9. The van der Waals surface area contributed by atoms with Crippen LogP contribution in [0, 0.1) is 0 Å². The normalized spacial score (nSPS) is 12.8. The van der Waals surface area contributed by atoms with E-state index in [1.807, 2.05) is 36.4 Å². The Bertz CT molecular complexity index is 855. The summed E-state index contributed by atoms with van der Waals surface area (Å²) in [4.78, 5) is 1.62. The second-order valence-corrected chi connectivity index (χ2v) is 4.64. The van der Waals surface area contributed by atoms with E-state index in [1.165, 1.54) is 0 Å². The Morgan fingerprint density at radius 1 is 0.682 bits per heavy atom. The molecule has 0 saturated heterocycles. The van der Waals surface area contributed by atoms with E-state index in [-0.39, 0.29) is 17.8 Å². The van der Waals surface area contributed by atoms with Gasteiger partial charge in [0.15, 0.2) is 0 Å². The smallest absolute Gasteiger partial charge is 0.423 e. The molecule has 0 aliphatic rings. The molecule has 0 heterocycles. The van der Waals surface area contributed by atoms with Crippen LogP contribution < -0.4 is 10.4 Å². The molecule has 0 unspecified atom stereocenters. The summed E-state index contributed by atoms with van der Waals surface area (Å²) < 4.78 is 32.9. The topological polar surface area (TPSA) is 43.7 Å². The van der Waals surface area contributed by atoms with Crippen molar-refractivity contribution in [3.05, 3.63) is 84.8 Å². The van der Waals surface area contributed by atoms with Crippen molar-refractivity contribution >= 4 is 29.6 Å². The predicted octanol–water partition coefficient (Wildman–Crippen LogP) is 2.84. The Labute approximate surface area is 135 Å². The Morgan fingerprint density at radius 3 is 1.55 bits per heavy atom. The third kappa shape index (κ3) is 3.03. The van der Waals surface area contributed by atoms with Crippen molar-refractivity contribution in [2.24, 2.45) is 0 Å². The molecule has 3 nitrogen and oxygen atoms in total. The lowest BCUT2D eigenvalue weighted by Crippen LogP contribution is -2.29. The van der Waals surface area contributed by atoms with Gasteiger partial charge in [0, 0.05) is 17.1 Å². The fourth-order valence-electron chi connectivity index (χ4n) is 2.12. The summed E-state index contributed by atoms with van der Waals surface area (Å²) in [6, 6.07) is 16.5. The van der Waals surface area contributed by atoms with Gasteiger partial charge in [-0.25, -0.2) is 0 Å². The maximum absolute atomic E-state index is 9.43. The van der Waals surface area contributed by atoms with E-state index < -0.39 is 24.7 Å². The molecular weight excluding hydrogens is 273 g/mol. The van der Waals surface area contributed by atoms with Crippen LogP contribution in [0.15, 0.2) is 84.8 Å². The van der Waals surface area contributed by atoms with Gasteiger partial charge < -0.3 is 14.9 Å². The van der Waals surface area contributed by atoms with Crippen LogP contribution in [0.2, 0.25) is 0 Å². The molecule has 0 aromatic heterocycles. The van der Waals surface area contributed by atoms with Gasteiger partial charge in [0.25, 0.3) is 0 Å². The van der Waals surface area contributed by atoms with Crippen molar-refractivity contribution in [2.45, 2.75) is 0 Å². The minimum Gasteiger partial charge on any atom is -0.423 e. The third-order valence-electron chi connectivity index (χ3n) is 3.14. The molecule has 3 rings (SSSR count). The van der Waals surface area contributed by atoms with E-state index in [0.29, 0.717) is 11.4 Å². The van der Waals surface area contributed by atoms with Crippen molar-refractivity contribution in [1.82, 2.24) is 0 Å². The second-order valence-electron chi connectivity index (χ2n) is 4.64. The number of anilines is 3. The van der Waals surface area contributed by atoms with Crippen molar-refractivity contribution in [3.8, 4) is 0 Å². The van der Waals surface area contributed by atoms with E-state index in [2.05, 4.69) is 0 Å².